The molecule has 2 heterocycles. The molecule has 7 heteroatoms. The second-order valence-corrected chi connectivity index (χ2v) is 6.39. The van der Waals surface area contributed by atoms with Gasteiger partial charge in [-0.1, -0.05) is 18.2 Å². The van der Waals surface area contributed by atoms with Crippen LogP contribution in [0.5, 0.6) is 0 Å². The Bertz CT molecular complexity index is 852. The minimum absolute atomic E-state index is 0.245. The average Bonchev–Trinajstić information content (AvgIpc) is 2.68. The fraction of sp³-hybridized carbons (Fsp3) is 0.250. The predicted molar refractivity (Wildman–Crippen MR) is 106 cm³/mol. The maximum absolute atomic E-state index is 13.1. The third kappa shape index (κ3) is 5.72. The number of aromatic nitrogens is 3. The molecule has 0 aliphatic heterocycles. The number of rotatable bonds is 8. The second kappa shape index (κ2) is 9.05. The van der Waals surface area contributed by atoms with E-state index < -0.39 is 0 Å². The number of hydrogen-bond donors (Lipinski definition) is 2. The van der Waals surface area contributed by atoms with E-state index in [9.17, 15) is 4.39 Å². The second-order valence-electron chi connectivity index (χ2n) is 6.39. The highest BCUT2D eigenvalue weighted by molar-refractivity contribution is 5.61. The molecule has 2 aromatic heterocycles. The van der Waals surface area contributed by atoms with Gasteiger partial charge in [-0.3, -0.25) is 4.98 Å². The first-order valence-electron chi connectivity index (χ1n) is 8.77. The van der Waals surface area contributed by atoms with Gasteiger partial charge in [0.25, 0.3) is 0 Å². The van der Waals surface area contributed by atoms with Crippen LogP contribution in [-0.4, -0.2) is 47.0 Å². The minimum atomic E-state index is -0.245. The lowest BCUT2D eigenvalue weighted by Gasteiger charge is -2.13. The lowest BCUT2D eigenvalue weighted by molar-refractivity contribution is 0.425. The molecule has 0 atom stereocenters. The summed E-state index contributed by atoms with van der Waals surface area (Å²) in [6.07, 6.45) is 1.74. The van der Waals surface area contributed by atoms with Gasteiger partial charge >= 0.3 is 0 Å². The maximum Gasteiger partial charge on any atom is 0.225 e. The Hall–Kier alpha value is -3.06. The summed E-state index contributed by atoms with van der Waals surface area (Å²) in [5.41, 5.74) is 2.48. The van der Waals surface area contributed by atoms with Crippen LogP contribution in [0.4, 0.5) is 16.2 Å². The van der Waals surface area contributed by atoms with Crippen molar-refractivity contribution in [3.8, 4) is 11.4 Å². The molecule has 0 spiro atoms. The molecule has 3 aromatic rings. The SMILES string of the molecule is CN(C)CCNc1nc(NCc2ccc(F)cc2)cc(-c2ccccn2)n1. The summed E-state index contributed by atoms with van der Waals surface area (Å²) in [7, 11) is 4.03. The molecule has 0 amide bonds. The summed E-state index contributed by atoms with van der Waals surface area (Å²) in [6.45, 7) is 2.14. The third-order valence-electron chi connectivity index (χ3n) is 3.88. The highest BCUT2D eigenvalue weighted by atomic mass is 19.1. The zero-order valence-corrected chi connectivity index (χ0v) is 15.5. The monoisotopic (exact) mass is 366 g/mol. The van der Waals surface area contributed by atoms with E-state index in [2.05, 4.69) is 30.5 Å². The number of likely N-dealkylation sites (N-methyl/N-ethyl adjacent to an activating group) is 1. The van der Waals surface area contributed by atoms with Crippen LogP contribution in [0.1, 0.15) is 5.56 Å². The normalized spacial score (nSPS) is 10.8. The van der Waals surface area contributed by atoms with E-state index in [1.54, 1.807) is 18.3 Å². The van der Waals surface area contributed by atoms with E-state index >= 15 is 0 Å². The highest BCUT2D eigenvalue weighted by Crippen LogP contribution is 2.20. The summed E-state index contributed by atoms with van der Waals surface area (Å²) < 4.78 is 13.1. The van der Waals surface area contributed by atoms with Crippen LogP contribution in [0.2, 0.25) is 0 Å². The summed E-state index contributed by atoms with van der Waals surface area (Å²) in [5, 5.41) is 6.53. The van der Waals surface area contributed by atoms with Crippen molar-refractivity contribution in [1.82, 2.24) is 19.9 Å². The first kappa shape index (κ1) is 18.7. The average molecular weight is 366 g/mol. The molecule has 1 aromatic carbocycles. The van der Waals surface area contributed by atoms with E-state index in [0.717, 1.165) is 30.0 Å². The minimum Gasteiger partial charge on any atom is -0.366 e. The summed E-state index contributed by atoms with van der Waals surface area (Å²) in [5.74, 6) is 0.981. The van der Waals surface area contributed by atoms with Crippen molar-refractivity contribution >= 4 is 11.8 Å². The number of halogens is 1. The number of pyridine rings is 1. The van der Waals surface area contributed by atoms with Crippen molar-refractivity contribution in [3.63, 3.8) is 0 Å². The Morgan fingerprint density at radius 1 is 0.963 bits per heavy atom. The quantitative estimate of drug-likeness (QED) is 0.638. The number of anilines is 2. The fourth-order valence-corrected chi connectivity index (χ4v) is 2.45. The van der Waals surface area contributed by atoms with Crippen molar-refractivity contribution in [2.75, 3.05) is 37.8 Å². The van der Waals surface area contributed by atoms with E-state index in [1.165, 1.54) is 12.1 Å². The van der Waals surface area contributed by atoms with Gasteiger partial charge < -0.3 is 15.5 Å². The summed E-state index contributed by atoms with van der Waals surface area (Å²) >= 11 is 0. The predicted octanol–water partition coefficient (Wildman–Crippen LogP) is 3.26. The molecule has 0 saturated heterocycles. The van der Waals surface area contributed by atoms with Crippen molar-refractivity contribution in [2.45, 2.75) is 6.54 Å². The molecule has 0 unspecified atom stereocenters. The molecule has 6 nitrogen and oxygen atoms in total. The molecular weight excluding hydrogens is 343 g/mol. The molecule has 27 heavy (non-hydrogen) atoms. The van der Waals surface area contributed by atoms with Crippen molar-refractivity contribution in [1.29, 1.82) is 0 Å². The van der Waals surface area contributed by atoms with Gasteiger partial charge in [-0.15, -0.1) is 0 Å². The Labute approximate surface area is 158 Å². The van der Waals surface area contributed by atoms with Gasteiger partial charge in [0.15, 0.2) is 0 Å². The van der Waals surface area contributed by atoms with Gasteiger partial charge in [0, 0.05) is 31.9 Å². The lowest BCUT2D eigenvalue weighted by atomic mass is 10.2. The van der Waals surface area contributed by atoms with Crippen LogP contribution < -0.4 is 10.6 Å². The molecule has 3 rings (SSSR count). The van der Waals surface area contributed by atoms with Crippen molar-refractivity contribution in [3.05, 3.63) is 66.1 Å². The Morgan fingerprint density at radius 2 is 1.78 bits per heavy atom. The van der Waals surface area contributed by atoms with E-state index in [4.69, 9.17) is 0 Å². The van der Waals surface area contributed by atoms with Crippen LogP contribution in [-0.2, 0) is 6.54 Å². The molecule has 2 N–H and O–H groups in total. The van der Waals surface area contributed by atoms with Crippen molar-refractivity contribution < 1.29 is 4.39 Å². The number of nitrogens with zero attached hydrogens (tertiary/aromatic N) is 4. The van der Waals surface area contributed by atoms with Gasteiger partial charge in [0.1, 0.15) is 11.6 Å². The first-order valence-corrected chi connectivity index (χ1v) is 8.77. The fourth-order valence-electron chi connectivity index (χ4n) is 2.45. The van der Waals surface area contributed by atoms with E-state index in [-0.39, 0.29) is 5.82 Å². The zero-order chi connectivity index (χ0) is 19.1. The lowest BCUT2D eigenvalue weighted by Crippen LogP contribution is -2.21. The van der Waals surface area contributed by atoms with Crippen LogP contribution in [0, 0.1) is 5.82 Å². The van der Waals surface area contributed by atoms with Crippen LogP contribution in [0.25, 0.3) is 11.4 Å². The number of nitrogens with one attached hydrogen (secondary N) is 2. The summed E-state index contributed by atoms with van der Waals surface area (Å²) in [4.78, 5) is 15.6. The van der Waals surface area contributed by atoms with Gasteiger partial charge in [-0.05, 0) is 43.9 Å². The molecule has 0 bridgehead atoms. The molecule has 0 aliphatic carbocycles. The molecule has 0 aliphatic rings. The van der Waals surface area contributed by atoms with Crippen molar-refractivity contribution in [2.24, 2.45) is 0 Å². The topological polar surface area (TPSA) is 66.0 Å². The van der Waals surface area contributed by atoms with Gasteiger partial charge in [-0.2, -0.15) is 4.98 Å². The van der Waals surface area contributed by atoms with Gasteiger partial charge in [0.05, 0.1) is 11.4 Å². The molecule has 0 fully saturated rings. The van der Waals surface area contributed by atoms with Crippen LogP contribution >= 0.6 is 0 Å². The number of hydrogen-bond acceptors (Lipinski definition) is 6. The molecule has 140 valence electrons. The molecular formula is C20H23FN6. The van der Waals surface area contributed by atoms with Crippen LogP contribution in [0.15, 0.2) is 54.7 Å². The maximum atomic E-state index is 13.1. The Morgan fingerprint density at radius 3 is 2.48 bits per heavy atom. The van der Waals surface area contributed by atoms with E-state index in [0.29, 0.717) is 18.3 Å². The smallest absolute Gasteiger partial charge is 0.225 e. The Balaban J connectivity index is 1.79. The largest absolute Gasteiger partial charge is 0.366 e. The zero-order valence-electron chi connectivity index (χ0n) is 15.5. The number of benzene rings is 1. The van der Waals surface area contributed by atoms with Crippen LogP contribution in [0.3, 0.4) is 0 Å². The highest BCUT2D eigenvalue weighted by Gasteiger charge is 2.08. The standard InChI is InChI=1S/C20H23FN6/c1-27(2)12-11-23-20-25-18(17-5-3-4-10-22-17)13-19(26-20)24-14-15-6-8-16(21)9-7-15/h3-10,13H,11-12,14H2,1-2H3,(H2,23,24,25,26). The van der Waals surface area contributed by atoms with Gasteiger partial charge in [-0.25, -0.2) is 9.37 Å². The summed E-state index contributed by atoms with van der Waals surface area (Å²) in [6, 6.07) is 14.0. The van der Waals surface area contributed by atoms with E-state index in [1.807, 2.05) is 38.4 Å². The Kier molecular flexibility index (Phi) is 6.27. The molecule has 0 saturated carbocycles. The molecule has 0 radical (unpaired) electrons. The first-order chi connectivity index (χ1) is 13.1. The third-order valence-corrected chi connectivity index (χ3v) is 3.88. The van der Waals surface area contributed by atoms with Gasteiger partial charge in [0.2, 0.25) is 5.95 Å².